The van der Waals surface area contributed by atoms with Gasteiger partial charge in [0.15, 0.2) is 0 Å². The highest BCUT2D eigenvalue weighted by Crippen LogP contribution is 2.39. The maximum absolute atomic E-state index is 6.13. The largest absolute Gasteiger partial charge is 0.486 e. The first kappa shape index (κ1) is 13.4. The molecule has 1 aliphatic rings. The van der Waals surface area contributed by atoms with Crippen molar-refractivity contribution in [1.82, 2.24) is 5.32 Å². The Bertz CT molecular complexity index is 365. The second-order valence-electron chi connectivity index (χ2n) is 5.69. The van der Waals surface area contributed by atoms with Crippen LogP contribution in [0.1, 0.15) is 51.5 Å². The lowest BCUT2D eigenvalue weighted by molar-refractivity contribution is 0.175. The zero-order valence-electron chi connectivity index (χ0n) is 11.8. The van der Waals surface area contributed by atoms with Crippen LogP contribution in [-0.2, 0) is 0 Å². The predicted octanol–water partition coefficient (Wildman–Crippen LogP) is 3.72. The summed E-state index contributed by atoms with van der Waals surface area (Å²) >= 11 is 0. The normalized spacial score (nSPS) is 16.9. The SMILES string of the molecule is CCCNCC1(Oc2ccc(C(C)C)cc2)CC1. The van der Waals surface area contributed by atoms with Gasteiger partial charge in [0.2, 0.25) is 0 Å². The summed E-state index contributed by atoms with van der Waals surface area (Å²) in [6.07, 6.45) is 3.53. The molecule has 0 saturated heterocycles. The molecular weight excluding hydrogens is 222 g/mol. The van der Waals surface area contributed by atoms with Gasteiger partial charge in [-0.15, -0.1) is 0 Å². The number of hydrogen-bond donors (Lipinski definition) is 1. The highest BCUT2D eigenvalue weighted by molar-refractivity contribution is 5.30. The topological polar surface area (TPSA) is 21.3 Å². The molecular formula is C16H25NO. The molecule has 100 valence electrons. The maximum Gasteiger partial charge on any atom is 0.122 e. The first-order valence-electron chi connectivity index (χ1n) is 7.15. The van der Waals surface area contributed by atoms with E-state index in [0.717, 1.165) is 18.8 Å². The standard InChI is InChI=1S/C16H25NO/c1-4-11-17-12-16(9-10-16)18-15-7-5-14(6-8-15)13(2)3/h5-8,13,17H,4,9-12H2,1-3H3. The van der Waals surface area contributed by atoms with Gasteiger partial charge in [-0.2, -0.15) is 0 Å². The van der Waals surface area contributed by atoms with Crippen molar-refractivity contribution in [2.45, 2.75) is 51.6 Å². The maximum atomic E-state index is 6.13. The van der Waals surface area contributed by atoms with Crippen molar-refractivity contribution in [3.63, 3.8) is 0 Å². The fraction of sp³-hybridized carbons (Fsp3) is 0.625. The molecule has 1 aromatic rings. The molecule has 2 rings (SSSR count). The molecule has 0 atom stereocenters. The Morgan fingerprint density at radius 1 is 1.22 bits per heavy atom. The molecule has 1 N–H and O–H groups in total. The van der Waals surface area contributed by atoms with Crippen LogP contribution >= 0.6 is 0 Å². The summed E-state index contributed by atoms with van der Waals surface area (Å²) in [5.74, 6) is 1.59. The molecule has 18 heavy (non-hydrogen) atoms. The van der Waals surface area contributed by atoms with Gasteiger partial charge in [-0.1, -0.05) is 32.9 Å². The lowest BCUT2D eigenvalue weighted by atomic mass is 10.0. The van der Waals surface area contributed by atoms with Gasteiger partial charge >= 0.3 is 0 Å². The molecule has 1 saturated carbocycles. The molecule has 0 amide bonds. The van der Waals surface area contributed by atoms with E-state index in [4.69, 9.17) is 4.74 Å². The Kier molecular flexibility index (Phi) is 4.28. The summed E-state index contributed by atoms with van der Waals surface area (Å²) < 4.78 is 6.13. The molecule has 2 heteroatoms. The minimum absolute atomic E-state index is 0.0779. The van der Waals surface area contributed by atoms with E-state index in [-0.39, 0.29) is 5.60 Å². The van der Waals surface area contributed by atoms with Gasteiger partial charge in [0.1, 0.15) is 11.4 Å². The van der Waals surface area contributed by atoms with E-state index in [2.05, 4.69) is 50.4 Å². The second kappa shape index (κ2) is 5.75. The van der Waals surface area contributed by atoms with E-state index in [1.54, 1.807) is 0 Å². The van der Waals surface area contributed by atoms with Gasteiger partial charge in [-0.05, 0) is 49.4 Å². The lowest BCUT2D eigenvalue weighted by Gasteiger charge is -2.19. The smallest absolute Gasteiger partial charge is 0.122 e. The van der Waals surface area contributed by atoms with Crippen LogP contribution in [-0.4, -0.2) is 18.7 Å². The number of benzene rings is 1. The summed E-state index contributed by atoms with van der Waals surface area (Å²) in [6.45, 7) is 8.68. The van der Waals surface area contributed by atoms with Crippen LogP contribution in [0.25, 0.3) is 0 Å². The summed E-state index contributed by atoms with van der Waals surface area (Å²) in [5, 5.41) is 3.46. The zero-order chi connectivity index (χ0) is 13.0. The van der Waals surface area contributed by atoms with Gasteiger partial charge < -0.3 is 10.1 Å². The van der Waals surface area contributed by atoms with Gasteiger partial charge in [-0.25, -0.2) is 0 Å². The van der Waals surface area contributed by atoms with Crippen LogP contribution in [0.2, 0.25) is 0 Å². The first-order chi connectivity index (χ1) is 8.65. The van der Waals surface area contributed by atoms with Gasteiger partial charge in [0, 0.05) is 6.54 Å². The van der Waals surface area contributed by atoms with Crippen LogP contribution < -0.4 is 10.1 Å². The lowest BCUT2D eigenvalue weighted by Crippen LogP contribution is -2.33. The Morgan fingerprint density at radius 3 is 2.39 bits per heavy atom. The highest BCUT2D eigenvalue weighted by Gasteiger charge is 2.45. The van der Waals surface area contributed by atoms with E-state index < -0.39 is 0 Å². The second-order valence-corrected chi connectivity index (χ2v) is 5.69. The molecule has 1 aliphatic carbocycles. The third-order valence-corrected chi connectivity index (χ3v) is 3.56. The molecule has 0 heterocycles. The Balaban J connectivity index is 1.89. The van der Waals surface area contributed by atoms with Crippen molar-refractivity contribution in [1.29, 1.82) is 0 Å². The predicted molar refractivity (Wildman–Crippen MR) is 76.3 cm³/mol. The van der Waals surface area contributed by atoms with Crippen LogP contribution in [0.4, 0.5) is 0 Å². The minimum atomic E-state index is 0.0779. The average Bonchev–Trinajstić information content (AvgIpc) is 3.10. The Morgan fingerprint density at radius 2 is 1.89 bits per heavy atom. The Labute approximate surface area is 111 Å². The monoisotopic (exact) mass is 247 g/mol. The first-order valence-corrected chi connectivity index (χ1v) is 7.15. The van der Waals surface area contributed by atoms with E-state index in [9.17, 15) is 0 Å². The average molecular weight is 247 g/mol. The number of hydrogen-bond acceptors (Lipinski definition) is 2. The highest BCUT2D eigenvalue weighted by atomic mass is 16.5. The molecule has 1 aromatic carbocycles. The summed E-state index contributed by atoms with van der Waals surface area (Å²) in [5.41, 5.74) is 1.45. The van der Waals surface area contributed by atoms with E-state index in [1.165, 1.54) is 24.8 Å². The van der Waals surface area contributed by atoms with Crippen molar-refractivity contribution in [3.05, 3.63) is 29.8 Å². The van der Waals surface area contributed by atoms with Crippen LogP contribution in [0.15, 0.2) is 24.3 Å². The number of rotatable bonds is 7. The molecule has 0 radical (unpaired) electrons. The molecule has 0 aromatic heterocycles. The van der Waals surface area contributed by atoms with E-state index in [0.29, 0.717) is 5.92 Å². The fourth-order valence-electron chi connectivity index (χ4n) is 2.12. The number of nitrogens with one attached hydrogen (secondary N) is 1. The van der Waals surface area contributed by atoms with Gasteiger partial charge in [0.25, 0.3) is 0 Å². The molecule has 2 nitrogen and oxygen atoms in total. The van der Waals surface area contributed by atoms with Crippen LogP contribution in [0, 0.1) is 0 Å². The molecule has 1 fully saturated rings. The van der Waals surface area contributed by atoms with E-state index in [1.807, 2.05) is 0 Å². The minimum Gasteiger partial charge on any atom is -0.486 e. The van der Waals surface area contributed by atoms with Gasteiger partial charge in [-0.3, -0.25) is 0 Å². The van der Waals surface area contributed by atoms with Crippen molar-refractivity contribution in [2.75, 3.05) is 13.1 Å². The van der Waals surface area contributed by atoms with E-state index >= 15 is 0 Å². The van der Waals surface area contributed by atoms with Crippen LogP contribution in [0.3, 0.4) is 0 Å². The Hall–Kier alpha value is -1.02. The fourth-order valence-corrected chi connectivity index (χ4v) is 2.12. The molecule has 0 spiro atoms. The summed E-state index contributed by atoms with van der Waals surface area (Å²) in [7, 11) is 0. The van der Waals surface area contributed by atoms with Crippen molar-refractivity contribution >= 4 is 0 Å². The third kappa shape index (κ3) is 3.49. The quantitative estimate of drug-likeness (QED) is 0.741. The summed E-state index contributed by atoms with van der Waals surface area (Å²) in [6, 6.07) is 8.57. The molecule has 0 bridgehead atoms. The van der Waals surface area contributed by atoms with Gasteiger partial charge in [0.05, 0.1) is 0 Å². The van der Waals surface area contributed by atoms with Crippen molar-refractivity contribution in [2.24, 2.45) is 0 Å². The van der Waals surface area contributed by atoms with Crippen LogP contribution in [0.5, 0.6) is 5.75 Å². The molecule has 0 aliphatic heterocycles. The van der Waals surface area contributed by atoms with Crippen molar-refractivity contribution < 1.29 is 4.74 Å². The third-order valence-electron chi connectivity index (χ3n) is 3.56. The summed E-state index contributed by atoms with van der Waals surface area (Å²) in [4.78, 5) is 0. The molecule has 0 unspecified atom stereocenters. The zero-order valence-corrected chi connectivity index (χ0v) is 11.8. The number of ether oxygens (including phenoxy) is 1. The van der Waals surface area contributed by atoms with Crippen molar-refractivity contribution in [3.8, 4) is 5.75 Å².